The van der Waals surface area contributed by atoms with E-state index in [2.05, 4.69) is 25.7 Å². The third-order valence-electron chi connectivity index (χ3n) is 5.15. The van der Waals surface area contributed by atoms with E-state index in [1.54, 1.807) is 12.1 Å². The largest absolute Gasteiger partial charge is 0.338 e. The number of rotatable bonds is 8. The number of amides is 1. The zero-order chi connectivity index (χ0) is 23.7. The molecule has 0 saturated heterocycles. The fourth-order valence-electron chi connectivity index (χ4n) is 3.44. The molecule has 0 spiro atoms. The third-order valence-corrected chi connectivity index (χ3v) is 6.07. The van der Waals surface area contributed by atoms with Crippen molar-refractivity contribution in [2.75, 3.05) is 5.32 Å². The van der Waals surface area contributed by atoms with Gasteiger partial charge in [0.15, 0.2) is 5.16 Å². The lowest BCUT2D eigenvalue weighted by molar-refractivity contribution is -0.384. The number of carbonyl (C=O) groups excluding carboxylic acids is 1. The molecule has 1 N–H and O–H groups in total. The Morgan fingerprint density at radius 3 is 2.74 bits per heavy atom. The molecule has 0 atom stereocenters. The van der Waals surface area contributed by atoms with Crippen LogP contribution >= 0.6 is 11.8 Å². The molecule has 1 amide bonds. The van der Waals surface area contributed by atoms with E-state index in [1.807, 2.05) is 28.8 Å². The number of non-ortho nitro benzene ring substituents is 1. The van der Waals surface area contributed by atoms with Gasteiger partial charge < -0.3 is 9.84 Å². The Bertz CT molecular complexity index is 1360. The fraction of sp³-hybridized carbons (Fsp3) is 0.227. The first-order valence-corrected chi connectivity index (χ1v) is 11.5. The minimum absolute atomic E-state index is 0.00333. The van der Waals surface area contributed by atoms with Crippen molar-refractivity contribution in [3.8, 4) is 17.1 Å². The summed E-state index contributed by atoms with van der Waals surface area (Å²) >= 11 is 1.41. The van der Waals surface area contributed by atoms with Crippen molar-refractivity contribution in [1.29, 1.82) is 0 Å². The minimum atomic E-state index is -0.458. The van der Waals surface area contributed by atoms with Crippen LogP contribution in [0.2, 0.25) is 0 Å². The summed E-state index contributed by atoms with van der Waals surface area (Å²) in [6.45, 7) is 1.47. The molecule has 5 rings (SSSR count). The van der Waals surface area contributed by atoms with Gasteiger partial charge in [0.05, 0.1) is 16.4 Å². The highest BCUT2D eigenvalue weighted by molar-refractivity contribution is 7.98. The van der Waals surface area contributed by atoms with Crippen molar-refractivity contribution in [3.05, 3.63) is 70.4 Å². The van der Waals surface area contributed by atoms with Gasteiger partial charge in [-0.15, -0.1) is 10.2 Å². The Morgan fingerprint density at radius 1 is 1.24 bits per heavy atom. The molecule has 0 radical (unpaired) electrons. The monoisotopic (exact) mass is 477 g/mol. The zero-order valence-corrected chi connectivity index (χ0v) is 18.9. The Morgan fingerprint density at radius 2 is 2.03 bits per heavy atom. The number of thioether (sulfide) groups is 1. The predicted molar refractivity (Wildman–Crippen MR) is 124 cm³/mol. The topological polar surface area (TPSA) is 142 Å². The number of carbonyl (C=O) groups is 1. The molecule has 11 nitrogen and oxygen atoms in total. The van der Waals surface area contributed by atoms with Gasteiger partial charge in [-0.25, -0.2) is 0 Å². The van der Waals surface area contributed by atoms with Gasteiger partial charge in [-0.2, -0.15) is 4.98 Å². The molecule has 1 fully saturated rings. The van der Waals surface area contributed by atoms with E-state index in [9.17, 15) is 14.9 Å². The Labute approximate surface area is 197 Å². The average molecular weight is 478 g/mol. The predicted octanol–water partition coefficient (Wildman–Crippen LogP) is 4.35. The number of hydrogen-bond donors (Lipinski definition) is 1. The number of nitrogens with zero attached hydrogens (tertiary/aromatic N) is 6. The summed E-state index contributed by atoms with van der Waals surface area (Å²) in [6, 6.07) is 13.5. The second-order valence-corrected chi connectivity index (χ2v) is 8.73. The summed E-state index contributed by atoms with van der Waals surface area (Å²) < 4.78 is 7.37. The highest BCUT2D eigenvalue weighted by Gasteiger charge is 2.31. The average Bonchev–Trinajstić information content (AvgIpc) is 3.40. The van der Waals surface area contributed by atoms with Crippen LogP contribution in [-0.2, 0) is 10.5 Å². The van der Waals surface area contributed by atoms with Crippen molar-refractivity contribution in [2.24, 2.45) is 0 Å². The Kier molecular flexibility index (Phi) is 5.80. The van der Waals surface area contributed by atoms with E-state index >= 15 is 0 Å². The lowest BCUT2D eigenvalue weighted by Crippen LogP contribution is -2.07. The molecule has 2 heterocycles. The van der Waals surface area contributed by atoms with Gasteiger partial charge >= 0.3 is 0 Å². The first-order chi connectivity index (χ1) is 16.5. The summed E-state index contributed by atoms with van der Waals surface area (Å²) in [5.41, 5.74) is 2.18. The first kappa shape index (κ1) is 21.8. The molecule has 0 unspecified atom stereocenters. The number of nitro benzene ring substituents is 1. The molecule has 34 heavy (non-hydrogen) atoms. The molecule has 0 aliphatic heterocycles. The van der Waals surface area contributed by atoms with Crippen molar-refractivity contribution in [1.82, 2.24) is 24.9 Å². The molecule has 0 bridgehead atoms. The second-order valence-electron chi connectivity index (χ2n) is 7.79. The summed E-state index contributed by atoms with van der Waals surface area (Å²) in [4.78, 5) is 26.3. The van der Waals surface area contributed by atoms with Gasteiger partial charge in [-0.3, -0.25) is 19.5 Å². The molecule has 1 saturated carbocycles. The number of anilines is 1. The van der Waals surface area contributed by atoms with Crippen LogP contribution in [0.15, 0.2) is 58.2 Å². The molecule has 12 heteroatoms. The van der Waals surface area contributed by atoms with E-state index in [-0.39, 0.29) is 11.6 Å². The minimum Gasteiger partial charge on any atom is -0.338 e. The third kappa shape index (κ3) is 4.66. The van der Waals surface area contributed by atoms with Crippen LogP contribution in [0.5, 0.6) is 0 Å². The molecular weight excluding hydrogens is 458 g/mol. The first-order valence-electron chi connectivity index (χ1n) is 10.5. The van der Waals surface area contributed by atoms with Crippen LogP contribution < -0.4 is 5.32 Å². The van der Waals surface area contributed by atoms with Gasteiger partial charge in [0.1, 0.15) is 5.82 Å². The van der Waals surface area contributed by atoms with Crippen LogP contribution in [0.4, 0.5) is 11.4 Å². The van der Waals surface area contributed by atoms with Crippen LogP contribution in [0, 0.1) is 10.1 Å². The van der Waals surface area contributed by atoms with E-state index in [1.165, 1.54) is 30.8 Å². The van der Waals surface area contributed by atoms with Crippen molar-refractivity contribution in [2.45, 2.75) is 36.6 Å². The lowest BCUT2D eigenvalue weighted by Gasteiger charge is -2.11. The van der Waals surface area contributed by atoms with Gasteiger partial charge in [0, 0.05) is 36.2 Å². The number of nitrogens with one attached hydrogen (secondary N) is 1. The maximum Gasteiger partial charge on any atom is 0.269 e. The SMILES string of the molecule is CC(=O)Nc1cccc(-n2c(SCc3nc(-c4ccc([N+](=O)[O-])cc4)no3)nnc2C2CC2)c1. The van der Waals surface area contributed by atoms with E-state index in [0.717, 1.165) is 24.4 Å². The Balaban J connectivity index is 1.36. The smallest absolute Gasteiger partial charge is 0.269 e. The zero-order valence-electron chi connectivity index (χ0n) is 18.0. The number of aromatic nitrogens is 5. The molecular formula is C22H19N7O4S. The van der Waals surface area contributed by atoms with Crippen molar-refractivity contribution < 1.29 is 14.2 Å². The molecule has 1 aliphatic rings. The number of hydrogen-bond acceptors (Lipinski definition) is 9. The molecule has 172 valence electrons. The molecule has 2 aromatic carbocycles. The van der Waals surface area contributed by atoms with Crippen LogP contribution in [0.3, 0.4) is 0 Å². The summed E-state index contributed by atoms with van der Waals surface area (Å²) in [7, 11) is 0. The van der Waals surface area contributed by atoms with E-state index < -0.39 is 4.92 Å². The highest BCUT2D eigenvalue weighted by Crippen LogP contribution is 2.41. The fourth-order valence-corrected chi connectivity index (χ4v) is 4.24. The summed E-state index contributed by atoms with van der Waals surface area (Å²) in [5, 5.41) is 27.1. The second kappa shape index (κ2) is 9.06. The molecule has 2 aromatic heterocycles. The molecule has 1 aliphatic carbocycles. The van der Waals surface area contributed by atoms with Gasteiger partial charge in [0.25, 0.3) is 5.69 Å². The quantitative estimate of drug-likeness (QED) is 0.222. The lowest BCUT2D eigenvalue weighted by atomic mass is 10.2. The van der Waals surface area contributed by atoms with Crippen molar-refractivity contribution >= 4 is 29.0 Å². The Hall–Kier alpha value is -4.06. The van der Waals surface area contributed by atoms with E-state index in [0.29, 0.717) is 39.8 Å². The molecule has 4 aromatic rings. The van der Waals surface area contributed by atoms with Crippen LogP contribution in [0.25, 0.3) is 17.1 Å². The summed E-state index contributed by atoms with van der Waals surface area (Å²) in [5.74, 6) is 2.23. The van der Waals surface area contributed by atoms with Crippen LogP contribution in [0.1, 0.15) is 37.4 Å². The number of nitro groups is 1. The normalized spacial score (nSPS) is 13.1. The van der Waals surface area contributed by atoms with E-state index in [4.69, 9.17) is 4.52 Å². The highest BCUT2D eigenvalue weighted by atomic mass is 32.2. The van der Waals surface area contributed by atoms with Gasteiger partial charge in [-0.05, 0) is 43.2 Å². The van der Waals surface area contributed by atoms with Crippen molar-refractivity contribution in [3.63, 3.8) is 0 Å². The summed E-state index contributed by atoms with van der Waals surface area (Å²) in [6.07, 6.45) is 2.13. The standard InChI is InChI=1S/C22H19N7O4S/c1-13(30)23-16-3-2-4-18(11-16)28-21(15-5-6-15)25-26-22(28)34-12-19-24-20(27-33-19)14-7-9-17(10-8-14)29(31)32/h2-4,7-11,15H,5-6,12H2,1H3,(H,23,30). The number of benzene rings is 2. The maximum atomic E-state index is 11.5. The van der Waals surface area contributed by atoms with Gasteiger partial charge in [-0.1, -0.05) is 23.0 Å². The van der Waals surface area contributed by atoms with Crippen LogP contribution in [-0.4, -0.2) is 35.7 Å². The van der Waals surface area contributed by atoms with Gasteiger partial charge in [0.2, 0.25) is 17.6 Å². The maximum absolute atomic E-state index is 11.5.